The molecule has 6 nitrogen and oxygen atoms in total. The first-order valence-corrected chi connectivity index (χ1v) is 7.60. The number of carbonyl (C=O) groups is 2. The Kier molecular flexibility index (Phi) is 5.79. The number of hydrogen-bond acceptors (Lipinski definition) is 4. The molecular formula is C14H25N3O3. The lowest BCUT2D eigenvalue weighted by molar-refractivity contribution is -0.146. The summed E-state index contributed by atoms with van der Waals surface area (Å²) in [6, 6.07) is 0. The number of nitrogens with two attached hydrogens (primary N) is 1. The van der Waals surface area contributed by atoms with Gasteiger partial charge in [0.2, 0.25) is 5.91 Å². The lowest BCUT2D eigenvalue weighted by Gasteiger charge is -2.35. The van der Waals surface area contributed by atoms with Crippen molar-refractivity contribution >= 4 is 11.8 Å². The maximum atomic E-state index is 12.2. The fraction of sp³-hybridized carbons (Fsp3) is 0.857. The summed E-state index contributed by atoms with van der Waals surface area (Å²) in [6.45, 7) is 3.86. The molecule has 2 aliphatic heterocycles. The van der Waals surface area contributed by atoms with Crippen LogP contribution in [0.3, 0.4) is 0 Å². The van der Waals surface area contributed by atoms with E-state index >= 15 is 0 Å². The molecule has 6 heteroatoms. The Labute approximate surface area is 120 Å². The third-order valence-electron chi connectivity index (χ3n) is 3.99. The van der Waals surface area contributed by atoms with Crippen LogP contribution in [0, 0.1) is 0 Å². The maximum absolute atomic E-state index is 12.2. The van der Waals surface area contributed by atoms with Gasteiger partial charge in [0, 0.05) is 39.2 Å². The predicted octanol–water partition coefficient (Wildman–Crippen LogP) is -0.0348. The predicted molar refractivity (Wildman–Crippen MR) is 75.0 cm³/mol. The zero-order valence-corrected chi connectivity index (χ0v) is 12.1. The molecule has 0 bridgehead atoms. The van der Waals surface area contributed by atoms with Gasteiger partial charge in [-0.3, -0.25) is 9.59 Å². The van der Waals surface area contributed by atoms with Gasteiger partial charge >= 0.3 is 0 Å². The average molecular weight is 283 g/mol. The van der Waals surface area contributed by atoms with Crippen molar-refractivity contribution < 1.29 is 14.3 Å². The summed E-state index contributed by atoms with van der Waals surface area (Å²) in [5, 5.41) is 0. The number of unbranched alkanes of at least 4 members (excludes halogenated alkanes) is 1. The molecule has 2 heterocycles. The van der Waals surface area contributed by atoms with Crippen LogP contribution < -0.4 is 5.73 Å². The van der Waals surface area contributed by atoms with Crippen molar-refractivity contribution in [3.63, 3.8) is 0 Å². The quantitative estimate of drug-likeness (QED) is 0.719. The molecule has 2 N–H and O–H groups in total. The number of carbonyl (C=O) groups excluding carboxylic acids is 2. The summed E-state index contributed by atoms with van der Waals surface area (Å²) in [4.78, 5) is 27.8. The van der Waals surface area contributed by atoms with E-state index in [1.807, 2.05) is 9.80 Å². The van der Waals surface area contributed by atoms with Gasteiger partial charge in [-0.25, -0.2) is 0 Å². The second-order valence-electron chi connectivity index (χ2n) is 5.45. The summed E-state index contributed by atoms with van der Waals surface area (Å²) in [5.74, 6) is 0.278. The number of hydrogen-bond donors (Lipinski definition) is 1. The first-order chi connectivity index (χ1) is 9.72. The fourth-order valence-electron chi connectivity index (χ4n) is 2.73. The van der Waals surface area contributed by atoms with Crippen LogP contribution in [0.25, 0.3) is 0 Å². The zero-order valence-electron chi connectivity index (χ0n) is 12.1. The molecule has 2 fully saturated rings. The third-order valence-corrected chi connectivity index (χ3v) is 3.99. The molecule has 0 saturated carbocycles. The highest BCUT2D eigenvalue weighted by Gasteiger charge is 2.31. The van der Waals surface area contributed by atoms with Gasteiger partial charge in [0.25, 0.3) is 5.91 Å². The summed E-state index contributed by atoms with van der Waals surface area (Å²) < 4.78 is 5.42. The molecule has 1 atom stereocenters. The number of rotatable bonds is 5. The van der Waals surface area contributed by atoms with Gasteiger partial charge in [-0.1, -0.05) is 0 Å². The van der Waals surface area contributed by atoms with Gasteiger partial charge in [0.1, 0.15) is 6.10 Å². The highest BCUT2D eigenvalue weighted by Crippen LogP contribution is 2.16. The topological polar surface area (TPSA) is 75.9 Å². The Morgan fingerprint density at radius 3 is 2.40 bits per heavy atom. The monoisotopic (exact) mass is 283 g/mol. The molecule has 0 aromatic heterocycles. The van der Waals surface area contributed by atoms with Crippen molar-refractivity contribution in [3.05, 3.63) is 0 Å². The van der Waals surface area contributed by atoms with Crippen LogP contribution in [-0.4, -0.2) is 67.0 Å². The molecule has 0 aliphatic carbocycles. The molecule has 0 aromatic rings. The van der Waals surface area contributed by atoms with Crippen LogP contribution in [-0.2, 0) is 14.3 Å². The van der Waals surface area contributed by atoms with Crippen LogP contribution in [0.1, 0.15) is 32.1 Å². The molecule has 2 saturated heterocycles. The first kappa shape index (κ1) is 15.3. The van der Waals surface area contributed by atoms with E-state index < -0.39 is 0 Å². The van der Waals surface area contributed by atoms with Crippen molar-refractivity contribution in [2.75, 3.05) is 39.3 Å². The molecule has 2 aliphatic rings. The standard InChI is InChI=1S/C14H25N3O3/c15-6-2-1-5-13(18)16-7-9-17(10-8-16)14(19)12-4-3-11-20-12/h12H,1-11,15H2. The third kappa shape index (κ3) is 3.93. The number of nitrogens with zero attached hydrogens (tertiary/aromatic N) is 2. The van der Waals surface area contributed by atoms with E-state index in [9.17, 15) is 9.59 Å². The summed E-state index contributed by atoms with van der Waals surface area (Å²) in [6.07, 6.45) is 3.86. The maximum Gasteiger partial charge on any atom is 0.251 e. The van der Waals surface area contributed by atoms with E-state index in [0.29, 0.717) is 45.8 Å². The minimum absolute atomic E-state index is 0.0951. The Morgan fingerprint density at radius 1 is 1.10 bits per heavy atom. The molecule has 0 spiro atoms. The van der Waals surface area contributed by atoms with Crippen LogP contribution in [0.2, 0.25) is 0 Å². The van der Waals surface area contributed by atoms with Crippen LogP contribution in [0.4, 0.5) is 0 Å². The molecule has 20 heavy (non-hydrogen) atoms. The van der Waals surface area contributed by atoms with E-state index in [1.54, 1.807) is 0 Å². The Bertz CT molecular complexity index is 335. The number of piperazine rings is 1. The van der Waals surface area contributed by atoms with E-state index in [2.05, 4.69) is 0 Å². The summed E-state index contributed by atoms with van der Waals surface area (Å²) in [7, 11) is 0. The highest BCUT2D eigenvalue weighted by molar-refractivity contribution is 5.82. The second kappa shape index (κ2) is 7.59. The lowest BCUT2D eigenvalue weighted by atomic mass is 10.2. The summed E-state index contributed by atoms with van der Waals surface area (Å²) >= 11 is 0. The van der Waals surface area contributed by atoms with Gasteiger partial charge in [-0.05, 0) is 32.2 Å². The normalized spacial score (nSPS) is 23.1. The SMILES string of the molecule is NCCCCC(=O)N1CCN(C(=O)C2CCCO2)CC1. The van der Waals surface area contributed by atoms with Crippen molar-refractivity contribution in [1.82, 2.24) is 9.80 Å². The molecular weight excluding hydrogens is 258 g/mol. The van der Waals surface area contributed by atoms with Crippen molar-refractivity contribution in [3.8, 4) is 0 Å². The van der Waals surface area contributed by atoms with Crippen molar-refractivity contribution in [2.24, 2.45) is 5.73 Å². The van der Waals surface area contributed by atoms with Crippen LogP contribution >= 0.6 is 0 Å². The molecule has 114 valence electrons. The van der Waals surface area contributed by atoms with Gasteiger partial charge in [-0.15, -0.1) is 0 Å². The van der Waals surface area contributed by atoms with E-state index in [1.165, 1.54) is 0 Å². The van der Waals surface area contributed by atoms with Crippen molar-refractivity contribution in [2.45, 2.75) is 38.2 Å². The molecule has 1 unspecified atom stereocenters. The Morgan fingerprint density at radius 2 is 1.80 bits per heavy atom. The van der Waals surface area contributed by atoms with Crippen LogP contribution in [0.15, 0.2) is 0 Å². The Balaban J connectivity index is 1.71. The van der Waals surface area contributed by atoms with Crippen molar-refractivity contribution in [1.29, 1.82) is 0 Å². The zero-order chi connectivity index (χ0) is 14.4. The first-order valence-electron chi connectivity index (χ1n) is 7.60. The van der Waals surface area contributed by atoms with Crippen LogP contribution in [0.5, 0.6) is 0 Å². The minimum Gasteiger partial charge on any atom is -0.368 e. The van der Waals surface area contributed by atoms with Gasteiger partial charge in [0.05, 0.1) is 0 Å². The largest absolute Gasteiger partial charge is 0.368 e. The summed E-state index contributed by atoms with van der Waals surface area (Å²) in [5.41, 5.74) is 5.42. The van der Waals surface area contributed by atoms with Gasteiger partial charge in [0.15, 0.2) is 0 Å². The average Bonchev–Trinajstić information content (AvgIpc) is 3.01. The molecule has 0 aromatic carbocycles. The molecule has 0 radical (unpaired) electrons. The van der Waals surface area contributed by atoms with E-state index in [-0.39, 0.29) is 17.9 Å². The Hall–Kier alpha value is -1.14. The fourth-order valence-corrected chi connectivity index (χ4v) is 2.73. The van der Waals surface area contributed by atoms with Gasteiger partial charge in [-0.2, -0.15) is 0 Å². The molecule has 2 rings (SSSR count). The molecule has 2 amide bonds. The highest BCUT2D eigenvalue weighted by atomic mass is 16.5. The smallest absolute Gasteiger partial charge is 0.251 e. The lowest BCUT2D eigenvalue weighted by Crippen LogP contribution is -2.52. The number of amides is 2. The number of ether oxygens (including phenoxy) is 1. The van der Waals surface area contributed by atoms with Gasteiger partial charge < -0.3 is 20.3 Å². The van der Waals surface area contributed by atoms with E-state index in [0.717, 1.165) is 25.7 Å². The van der Waals surface area contributed by atoms with E-state index in [4.69, 9.17) is 10.5 Å². The second-order valence-corrected chi connectivity index (χ2v) is 5.45. The minimum atomic E-state index is -0.248.